The van der Waals surface area contributed by atoms with Crippen LogP contribution in [0.5, 0.6) is 0 Å². The van der Waals surface area contributed by atoms with Crippen LogP contribution >= 0.6 is 0 Å². The number of hydrogen-bond acceptors (Lipinski definition) is 4. The zero-order valence-electron chi connectivity index (χ0n) is 10.6. The molecule has 0 radical (unpaired) electrons. The summed E-state index contributed by atoms with van der Waals surface area (Å²) in [4.78, 5) is 11.8. The molecule has 2 heterocycles. The Labute approximate surface area is 105 Å². The lowest BCUT2D eigenvalue weighted by atomic mass is 10.1. The Morgan fingerprint density at radius 1 is 1.44 bits per heavy atom. The van der Waals surface area contributed by atoms with Gasteiger partial charge in [0.25, 0.3) is 0 Å². The fourth-order valence-corrected chi connectivity index (χ4v) is 1.62. The van der Waals surface area contributed by atoms with E-state index in [1.54, 1.807) is 4.57 Å². The minimum atomic E-state index is -0.0242. The number of aromatic amines is 1. The standard InChI is InChI=1S/C11H16N6O/c1-7(2)4-9(18)14-10-8(3)15-16-11(10)17-5-12-13-6-17/h5-7H,4H2,1-3H3,(H,14,18)(H,15,16). The molecular weight excluding hydrogens is 232 g/mol. The highest BCUT2D eigenvalue weighted by Gasteiger charge is 2.15. The Kier molecular flexibility index (Phi) is 3.40. The van der Waals surface area contributed by atoms with Crippen molar-refractivity contribution in [2.24, 2.45) is 5.92 Å². The number of carbonyl (C=O) groups excluding carboxylic acids is 1. The summed E-state index contributed by atoms with van der Waals surface area (Å²) in [7, 11) is 0. The van der Waals surface area contributed by atoms with Crippen molar-refractivity contribution in [3.05, 3.63) is 18.3 Å². The molecule has 1 amide bonds. The Morgan fingerprint density at radius 3 is 2.72 bits per heavy atom. The lowest BCUT2D eigenvalue weighted by molar-refractivity contribution is -0.116. The van der Waals surface area contributed by atoms with E-state index in [9.17, 15) is 4.79 Å². The molecule has 7 heteroatoms. The van der Waals surface area contributed by atoms with Crippen LogP contribution in [0.1, 0.15) is 26.0 Å². The molecule has 0 atom stereocenters. The van der Waals surface area contributed by atoms with E-state index in [4.69, 9.17) is 0 Å². The number of H-pyrrole nitrogens is 1. The molecule has 0 aromatic carbocycles. The fraction of sp³-hybridized carbons (Fsp3) is 0.455. The van der Waals surface area contributed by atoms with Gasteiger partial charge in [-0.25, -0.2) is 0 Å². The number of aryl methyl sites for hydroxylation is 1. The van der Waals surface area contributed by atoms with Gasteiger partial charge < -0.3 is 5.32 Å². The average Bonchev–Trinajstić information content (AvgIpc) is 2.88. The predicted octanol–water partition coefficient (Wildman–Crippen LogP) is 1.28. The molecule has 0 aliphatic rings. The Balaban J connectivity index is 2.23. The first-order chi connectivity index (χ1) is 8.58. The number of carbonyl (C=O) groups is 1. The second-order valence-electron chi connectivity index (χ2n) is 4.56. The van der Waals surface area contributed by atoms with Crippen LogP contribution in [0.3, 0.4) is 0 Å². The fourth-order valence-electron chi connectivity index (χ4n) is 1.62. The summed E-state index contributed by atoms with van der Waals surface area (Å²) < 4.78 is 1.65. The van der Waals surface area contributed by atoms with Gasteiger partial charge in [-0.1, -0.05) is 13.8 Å². The minimum absolute atomic E-state index is 0.0242. The summed E-state index contributed by atoms with van der Waals surface area (Å²) in [6, 6.07) is 0. The van der Waals surface area contributed by atoms with Crippen LogP contribution in [-0.4, -0.2) is 30.9 Å². The summed E-state index contributed by atoms with van der Waals surface area (Å²) in [5, 5.41) is 17.3. The summed E-state index contributed by atoms with van der Waals surface area (Å²) in [6.07, 6.45) is 3.55. The molecule has 7 nitrogen and oxygen atoms in total. The van der Waals surface area contributed by atoms with Crippen molar-refractivity contribution in [3.8, 4) is 5.82 Å². The SMILES string of the molecule is Cc1[nH]nc(-n2cnnc2)c1NC(=O)CC(C)C. The van der Waals surface area contributed by atoms with E-state index in [0.29, 0.717) is 23.8 Å². The molecule has 18 heavy (non-hydrogen) atoms. The average molecular weight is 248 g/mol. The molecule has 2 aromatic heterocycles. The van der Waals surface area contributed by atoms with Gasteiger partial charge in [-0.05, 0) is 12.8 Å². The first kappa shape index (κ1) is 12.3. The molecule has 0 bridgehead atoms. The van der Waals surface area contributed by atoms with E-state index in [-0.39, 0.29) is 5.91 Å². The predicted molar refractivity (Wildman–Crippen MR) is 66.3 cm³/mol. The van der Waals surface area contributed by atoms with E-state index in [1.807, 2.05) is 20.8 Å². The van der Waals surface area contributed by atoms with Crippen LogP contribution in [0.15, 0.2) is 12.7 Å². The van der Waals surface area contributed by atoms with Gasteiger partial charge in [0, 0.05) is 6.42 Å². The highest BCUT2D eigenvalue weighted by molar-refractivity contribution is 5.93. The highest BCUT2D eigenvalue weighted by Crippen LogP contribution is 2.21. The molecule has 0 unspecified atom stereocenters. The molecule has 2 N–H and O–H groups in total. The summed E-state index contributed by atoms with van der Waals surface area (Å²) >= 11 is 0. The maximum atomic E-state index is 11.8. The molecule has 2 aromatic rings. The number of nitrogens with one attached hydrogen (secondary N) is 2. The Morgan fingerprint density at radius 2 is 2.11 bits per heavy atom. The van der Waals surface area contributed by atoms with Crippen molar-refractivity contribution in [2.75, 3.05) is 5.32 Å². The van der Waals surface area contributed by atoms with Gasteiger partial charge in [0.05, 0.1) is 5.69 Å². The smallest absolute Gasteiger partial charge is 0.224 e. The second-order valence-corrected chi connectivity index (χ2v) is 4.56. The van der Waals surface area contributed by atoms with Crippen LogP contribution in [0.4, 0.5) is 5.69 Å². The molecule has 0 spiro atoms. The molecule has 2 rings (SSSR count). The number of amides is 1. The van der Waals surface area contributed by atoms with E-state index in [0.717, 1.165) is 5.69 Å². The van der Waals surface area contributed by atoms with Crippen LogP contribution in [-0.2, 0) is 4.79 Å². The Hall–Kier alpha value is -2.18. The van der Waals surface area contributed by atoms with Gasteiger partial charge in [-0.15, -0.1) is 10.2 Å². The van der Waals surface area contributed by atoms with Gasteiger partial charge in [-0.3, -0.25) is 14.5 Å². The number of nitrogens with zero attached hydrogens (tertiary/aromatic N) is 4. The lowest BCUT2D eigenvalue weighted by Gasteiger charge is -2.08. The van der Waals surface area contributed by atoms with Crippen molar-refractivity contribution in [2.45, 2.75) is 27.2 Å². The van der Waals surface area contributed by atoms with Gasteiger partial charge in [0.15, 0.2) is 5.82 Å². The van der Waals surface area contributed by atoms with Crippen molar-refractivity contribution in [3.63, 3.8) is 0 Å². The molecule has 0 saturated carbocycles. The lowest BCUT2D eigenvalue weighted by Crippen LogP contribution is -2.15. The van der Waals surface area contributed by atoms with Gasteiger partial charge >= 0.3 is 0 Å². The van der Waals surface area contributed by atoms with E-state index in [1.165, 1.54) is 12.7 Å². The van der Waals surface area contributed by atoms with E-state index >= 15 is 0 Å². The molecule has 0 saturated heterocycles. The zero-order chi connectivity index (χ0) is 13.1. The van der Waals surface area contributed by atoms with Crippen molar-refractivity contribution >= 4 is 11.6 Å². The van der Waals surface area contributed by atoms with Crippen molar-refractivity contribution < 1.29 is 4.79 Å². The van der Waals surface area contributed by atoms with Gasteiger partial charge in [0.2, 0.25) is 5.91 Å². The molecule has 0 fully saturated rings. The van der Waals surface area contributed by atoms with Gasteiger partial charge in [-0.2, -0.15) is 5.10 Å². The summed E-state index contributed by atoms with van der Waals surface area (Å²) in [5.41, 5.74) is 1.47. The third kappa shape index (κ3) is 2.55. The maximum Gasteiger partial charge on any atom is 0.224 e. The summed E-state index contributed by atoms with van der Waals surface area (Å²) in [5.74, 6) is 0.883. The number of aromatic nitrogens is 5. The minimum Gasteiger partial charge on any atom is -0.321 e. The van der Waals surface area contributed by atoms with Crippen molar-refractivity contribution in [1.82, 2.24) is 25.0 Å². The van der Waals surface area contributed by atoms with Crippen LogP contribution < -0.4 is 5.32 Å². The van der Waals surface area contributed by atoms with Crippen LogP contribution in [0.25, 0.3) is 5.82 Å². The largest absolute Gasteiger partial charge is 0.321 e. The first-order valence-corrected chi connectivity index (χ1v) is 5.77. The first-order valence-electron chi connectivity index (χ1n) is 5.77. The molecular formula is C11H16N6O. The number of anilines is 1. The number of rotatable bonds is 4. The van der Waals surface area contributed by atoms with Crippen molar-refractivity contribution in [1.29, 1.82) is 0 Å². The third-order valence-electron chi connectivity index (χ3n) is 2.45. The van der Waals surface area contributed by atoms with Crippen LogP contribution in [0.2, 0.25) is 0 Å². The second kappa shape index (κ2) is 4.99. The molecule has 0 aliphatic carbocycles. The Bertz CT molecular complexity index is 528. The summed E-state index contributed by atoms with van der Waals surface area (Å²) in [6.45, 7) is 5.86. The van der Waals surface area contributed by atoms with Crippen LogP contribution in [0, 0.1) is 12.8 Å². The maximum absolute atomic E-state index is 11.8. The monoisotopic (exact) mass is 248 g/mol. The topological polar surface area (TPSA) is 88.5 Å². The molecule has 96 valence electrons. The number of hydrogen-bond donors (Lipinski definition) is 2. The normalized spacial score (nSPS) is 10.9. The molecule has 0 aliphatic heterocycles. The van der Waals surface area contributed by atoms with E-state index in [2.05, 4.69) is 25.7 Å². The highest BCUT2D eigenvalue weighted by atomic mass is 16.1. The van der Waals surface area contributed by atoms with Gasteiger partial charge in [0.1, 0.15) is 18.3 Å². The zero-order valence-corrected chi connectivity index (χ0v) is 10.6. The quantitative estimate of drug-likeness (QED) is 0.853. The van der Waals surface area contributed by atoms with E-state index < -0.39 is 0 Å². The third-order valence-corrected chi connectivity index (χ3v) is 2.45.